The van der Waals surface area contributed by atoms with Crippen LogP contribution in [0.15, 0.2) is 29.8 Å². The van der Waals surface area contributed by atoms with Crippen molar-refractivity contribution >= 4 is 11.9 Å². The number of hydrogen-bond donors (Lipinski definition) is 1. The van der Waals surface area contributed by atoms with Crippen LogP contribution in [0.3, 0.4) is 0 Å². The summed E-state index contributed by atoms with van der Waals surface area (Å²) in [6.45, 7) is 6.90. The van der Waals surface area contributed by atoms with Gasteiger partial charge in [0.25, 0.3) is 0 Å². The maximum atomic E-state index is 12.8. The van der Waals surface area contributed by atoms with E-state index in [4.69, 9.17) is 9.84 Å². The molecule has 0 aromatic heterocycles. The van der Waals surface area contributed by atoms with Crippen molar-refractivity contribution in [1.29, 1.82) is 0 Å². The molecule has 3 nitrogen and oxygen atoms in total. The largest absolute Gasteiger partial charge is 0.491 e. The van der Waals surface area contributed by atoms with E-state index in [1.54, 1.807) is 0 Å². The van der Waals surface area contributed by atoms with Crippen LogP contribution < -0.4 is 4.74 Å². The monoisotopic (exact) mass is 300 g/mol. The molecule has 2 atom stereocenters. The lowest BCUT2D eigenvalue weighted by molar-refractivity contribution is -0.125. The van der Waals surface area contributed by atoms with E-state index in [2.05, 4.69) is 26.8 Å². The first kappa shape index (κ1) is 15.3. The number of carbonyl (C=O) groups excluding carboxylic acids is 1. The first-order chi connectivity index (χ1) is 10.4. The number of allylic oxidation sites excluding steroid dienone is 1. The minimum atomic E-state index is -0.201. The summed E-state index contributed by atoms with van der Waals surface area (Å²) >= 11 is 0. The summed E-state index contributed by atoms with van der Waals surface area (Å²) in [7, 11) is 0. The molecular formula is C19H24O3. The third-order valence-corrected chi connectivity index (χ3v) is 5.93. The van der Waals surface area contributed by atoms with Crippen molar-refractivity contribution in [3.8, 4) is 5.75 Å². The quantitative estimate of drug-likeness (QED) is 0.866. The Morgan fingerprint density at radius 2 is 1.95 bits per heavy atom. The maximum Gasteiger partial charge on any atom is 0.165 e. The van der Waals surface area contributed by atoms with Crippen LogP contribution in [0.4, 0.5) is 0 Å². The molecule has 0 saturated heterocycles. The molecule has 118 valence electrons. The van der Waals surface area contributed by atoms with Gasteiger partial charge in [0.05, 0.1) is 6.61 Å². The lowest BCUT2D eigenvalue weighted by Crippen LogP contribution is -2.32. The van der Waals surface area contributed by atoms with Gasteiger partial charge in [0.15, 0.2) is 5.78 Å². The molecule has 2 bridgehead atoms. The van der Waals surface area contributed by atoms with E-state index < -0.39 is 0 Å². The summed E-state index contributed by atoms with van der Waals surface area (Å²) in [6.07, 6.45) is 4.17. The molecule has 0 heterocycles. The highest BCUT2D eigenvalue weighted by Crippen LogP contribution is 2.65. The van der Waals surface area contributed by atoms with Gasteiger partial charge in [-0.2, -0.15) is 0 Å². The summed E-state index contributed by atoms with van der Waals surface area (Å²) < 4.78 is 5.36. The second-order valence-corrected chi connectivity index (χ2v) is 7.21. The Hall–Kier alpha value is -1.61. The van der Waals surface area contributed by atoms with Gasteiger partial charge >= 0.3 is 0 Å². The first-order valence-corrected chi connectivity index (χ1v) is 8.00. The van der Waals surface area contributed by atoms with Gasteiger partial charge in [0.2, 0.25) is 0 Å². The molecule has 1 aromatic rings. The highest BCUT2D eigenvalue weighted by molar-refractivity contribution is 6.07. The third-order valence-electron chi connectivity index (χ3n) is 5.93. The molecule has 0 radical (unpaired) electrons. The molecule has 0 aliphatic heterocycles. The fourth-order valence-electron chi connectivity index (χ4n) is 4.10. The lowest BCUT2D eigenvalue weighted by Gasteiger charge is -2.31. The van der Waals surface area contributed by atoms with Crippen molar-refractivity contribution in [1.82, 2.24) is 0 Å². The second kappa shape index (κ2) is 5.24. The molecule has 0 amide bonds. The van der Waals surface area contributed by atoms with Gasteiger partial charge in [0, 0.05) is 5.41 Å². The van der Waals surface area contributed by atoms with Gasteiger partial charge in [-0.15, -0.1) is 0 Å². The Morgan fingerprint density at radius 1 is 1.27 bits per heavy atom. The predicted molar refractivity (Wildman–Crippen MR) is 86.6 cm³/mol. The molecule has 2 aliphatic rings. The van der Waals surface area contributed by atoms with Crippen molar-refractivity contribution in [2.45, 2.75) is 33.6 Å². The SMILES string of the molecule is CC12CCC(C(=Cc3ccc(OCCO)cc3)C1=O)C2(C)C. The number of aliphatic hydroxyl groups excluding tert-OH is 1. The molecule has 22 heavy (non-hydrogen) atoms. The molecule has 2 saturated carbocycles. The Bertz CT molecular complexity index is 612. The van der Waals surface area contributed by atoms with Gasteiger partial charge in [-0.05, 0) is 53.5 Å². The summed E-state index contributed by atoms with van der Waals surface area (Å²) in [4.78, 5) is 12.8. The molecular weight excluding hydrogens is 276 g/mol. The lowest BCUT2D eigenvalue weighted by atomic mass is 9.70. The molecule has 1 aromatic carbocycles. The van der Waals surface area contributed by atoms with E-state index in [9.17, 15) is 4.79 Å². The Balaban J connectivity index is 1.86. The number of aliphatic hydroxyl groups is 1. The summed E-state index contributed by atoms with van der Waals surface area (Å²) in [5.41, 5.74) is 1.88. The second-order valence-electron chi connectivity index (χ2n) is 7.21. The first-order valence-electron chi connectivity index (χ1n) is 8.00. The molecule has 3 rings (SSSR count). The van der Waals surface area contributed by atoms with E-state index in [1.165, 1.54) is 0 Å². The van der Waals surface area contributed by atoms with Gasteiger partial charge in [-0.3, -0.25) is 4.79 Å². The van der Waals surface area contributed by atoms with Crippen molar-refractivity contribution in [2.24, 2.45) is 16.7 Å². The Kier molecular flexibility index (Phi) is 3.64. The highest BCUT2D eigenvalue weighted by atomic mass is 16.5. The normalized spacial score (nSPS) is 31.0. The van der Waals surface area contributed by atoms with Crippen molar-refractivity contribution in [3.05, 3.63) is 35.4 Å². The van der Waals surface area contributed by atoms with Gasteiger partial charge in [0.1, 0.15) is 12.4 Å². The Labute approximate surface area is 132 Å². The van der Waals surface area contributed by atoms with Crippen molar-refractivity contribution in [3.63, 3.8) is 0 Å². The Morgan fingerprint density at radius 3 is 2.50 bits per heavy atom. The number of hydrogen-bond acceptors (Lipinski definition) is 3. The van der Waals surface area contributed by atoms with Crippen molar-refractivity contribution in [2.75, 3.05) is 13.2 Å². The van der Waals surface area contributed by atoms with Crippen LogP contribution in [0.25, 0.3) is 6.08 Å². The molecule has 2 unspecified atom stereocenters. The van der Waals surface area contributed by atoms with Crippen LogP contribution in [0.5, 0.6) is 5.75 Å². The van der Waals surface area contributed by atoms with Crippen molar-refractivity contribution < 1.29 is 14.6 Å². The smallest absolute Gasteiger partial charge is 0.165 e. The van der Waals surface area contributed by atoms with Crippen LogP contribution in [-0.4, -0.2) is 24.1 Å². The van der Waals surface area contributed by atoms with E-state index in [0.29, 0.717) is 18.3 Å². The standard InChI is InChI=1S/C19H24O3/c1-18(2)16-8-9-19(18,3)17(21)15(16)12-13-4-6-14(7-5-13)22-11-10-20/h4-7,12,16,20H,8-11H2,1-3H3. The van der Waals surface area contributed by atoms with Gasteiger partial charge < -0.3 is 9.84 Å². The molecule has 2 aliphatic carbocycles. The summed E-state index contributed by atoms with van der Waals surface area (Å²) in [5.74, 6) is 1.44. The molecule has 3 heteroatoms. The topological polar surface area (TPSA) is 46.5 Å². The minimum absolute atomic E-state index is 0.00957. The fraction of sp³-hybridized carbons (Fsp3) is 0.526. The summed E-state index contributed by atoms with van der Waals surface area (Å²) in [6, 6.07) is 7.70. The van der Waals surface area contributed by atoms with Crippen LogP contribution in [-0.2, 0) is 4.79 Å². The zero-order valence-corrected chi connectivity index (χ0v) is 13.6. The predicted octanol–water partition coefficient (Wildman–Crippen LogP) is 3.47. The molecule has 2 fully saturated rings. The number of benzene rings is 1. The van der Waals surface area contributed by atoms with Crippen LogP contribution in [0.1, 0.15) is 39.2 Å². The minimum Gasteiger partial charge on any atom is -0.491 e. The van der Waals surface area contributed by atoms with E-state index in [-0.39, 0.29) is 17.4 Å². The number of ketones is 1. The zero-order valence-electron chi connectivity index (χ0n) is 13.6. The third kappa shape index (κ3) is 2.11. The highest BCUT2D eigenvalue weighted by Gasteiger charge is 2.63. The van der Waals surface area contributed by atoms with Crippen LogP contribution in [0, 0.1) is 16.7 Å². The number of carbonyl (C=O) groups is 1. The van der Waals surface area contributed by atoms with E-state index >= 15 is 0 Å². The fourth-order valence-corrected chi connectivity index (χ4v) is 4.10. The average Bonchev–Trinajstić information content (AvgIpc) is 2.81. The zero-order chi connectivity index (χ0) is 16.0. The van der Waals surface area contributed by atoms with Crippen LogP contribution >= 0.6 is 0 Å². The molecule has 0 spiro atoms. The van der Waals surface area contributed by atoms with Gasteiger partial charge in [-0.1, -0.05) is 32.9 Å². The van der Waals surface area contributed by atoms with E-state index in [0.717, 1.165) is 29.7 Å². The van der Waals surface area contributed by atoms with Gasteiger partial charge in [-0.25, -0.2) is 0 Å². The number of fused-ring (bicyclic) bond motifs is 2. The number of rotatable bonds is 4. The van der Waals surface area contributed by atoms with E-state index in [1.807, 2.05) is 24.3 Å². The number of ether oxygens (including phenoxy) is 1. The average molecular weight is 300 g/mol. The molecule has 1 N–H and O–H groups in total. The summed E-state index contributed by atoms with van der Waals surface area (Å²) in [5, 5.41) is 8.76. The maximum absolute atomic E-state index is 12.8. The number of Topliss-reactive ketones (excluding diaryl/α,β-unsaturated/α-hetero) is 1. The van der Waals surface area contributed by atoms with Crippen LogP contribution in [0.2, 0.25) is 0 Å².